The molecule has 2 unspecified atom stereocenters. The molecule has 0 bridgehead atoms. The molecule has 0 N–H and O–H groups in total. The van der Waals surface area contributed by atoms with Crippen LogP contribution in [0.3, 0.4) is 0 Å². The highest BCUT2D eigenvalue weighted by Gasteiger charge is 2.45. The van der Waals surface area contributed by atoms with Crippen LogP contribution in [0.4, 0.5) is 0 Å². The SMILES string of the molecule is COC(=O)c1ccc(CN(C)C(=O)C2C(=O)CC2CSc2ncccn2)cc1. The second kappa shape index (κ2) is 8.97. The van der Waals surface area contributed by atoms with Crippen LogP contribution in [0, 0.1) is 11.8 Å². The molecule has 0 aliphatic heterocycles. The van der Waals surface area contributed by atoms with Gasteiger partial charge in [0.1, 0.15) is 11.7 Å². The van der Waals surface area contributed by atoms with Crippen molar-refractivity contribution in [2.75, 3.05) is 19.9 Å². The van der Waals surface area contributed by atoms with E-state index >= 15 is 0 Å². The summed E-state index contributed by atoms with van der Waals surface area (Å²) in [5.74, 6) is -0.564. The number of hydrogen-bond donors (Lipinski definition) is 0. The van der Waals surface area contributed by atoms with Gasteiger partial charge in [-0.05, 0) is 29.7 Å². The van der Waals surface area contributed by atoms with Crippen LogP contribution in [0.1, 0.15) is 22.3 Å². The van der Waals surface area contributed by atoms with E-state index in [-0.39, 0.29) is 17.6 Å². The van der Waals surface area contributed by atoms with Gasteiger partial charge < -0.3 is 9.64 Å². The smallest absolute Gasteiger partial charge is 0.337 e. The van der Waals surface area contributed by atoms with Gasteiger partial charge in [0, 0.05) is 38.2 Å². The minimum Gasteiger partial charge on any atom is -0.465 e. The van der Waals surface area contributed by atoms with Crippen molar-refractivity contribution >= 4 is 29.4 Å². The van der Waals surface area contributed by atoms with Gasteiger partial charge in [-0.25, -0.2) is 14.8 Å². The maximum absolute atomic E-state index is 12.8. The van der Waals surface area contributed by atoms with Crippen LogP contribution in [0.5, 0.6) is 0 Å². The van der Waals surface area contributed by atoms with Crippen LogP contribution in [-0.2, 0) is 20.9 Å². The van der Waals surface area contributed by atoms with Crippen molar-refractivity contribution in [3.63, 3.8) is 0 Å². The van der Waals surface area contributed by atoms with E-state index in [0.29, 0.717) is 29.4 Å². The highest BCUT2D eigenvalue weighted by molar-refractivity contribution is 7.99. The summed E-state index contributed by atoms with van der Waals surface area (Å²) in [5, 5.41) is 0.645. The Morgan fingerprint density at radius 3 is 2.50 bits per heavy atom. The van der Waals surface area contributed by atoms with Gasteiger partial charge in [0.05, 0.1) is 12.7 Å². The second-order valence-electron chi connectivity index (χ2n) is 6.63. The van der Waals surface area contributed by atoms with Crippen LogP contribution in [0.25, 0.3) is 0 Å². The van der Waals surface area contributed by atoms with Gasteiger partial charge in [-0.3, -0.25) is 9.59 Å². The predicted octanol–water partition coefficient (Wildman–Crippen LogP) is 2.22. The molecule has 1 heterocycles. The number of amides is 1. The van der Waals surface area contributed by atoms with Crippen molar-refractivity contribution in [1.29, 1.82) is 0 Å². The lowest BCUT2D eigenvalue weighted by Crippen LogP contribution is -2.49. The highest BCUT2D eigenvalue weighted by Crippen LogP contribution is 2.36. The molecular formula is C20H21N3O4S. The summed E-state index contributed by atoms with van der Waals surface area (Å²) in [7, 11) is 3.02. The van der Waals surface area contributed by atoms with Crippen LogP contribution >= 0.6 is 11.8 Å². The Labute approximate surface area is 167 Å². The quantitative estimate of drug-likeness (QED) is 0.305. The van der Waals surface area contributed by atoms with Crippen LogP contribution in [-0.4, -0.2) is 52.4 Å². The van der Waals surface area contributed by atoms with Crippen molar-refractivity contribution in [1.82, 2.24) is 14.9 Å². The maximum atomic E-state index is 12.8. The van der Waals surface area contributed by atoms with E-state index < -0.39 is 11.9 Å². The van der Waals surface area contributed by atoms with E-state index in [0.717, 1.165) is 5.56 Å². The molecule has 1 amide bonds. The van der Waals surface area contributed by atoms with Gasteiger partial charge in [0.2, 0.25) is 5.91 Å². The van der Waals surface area contributed by atoms with Crippen molar-refractivity contribution in [3.05, 3.63) is 53.9 Å². The summed E-state index contributed by atoms with van der Waals surface area (Å²) >= 11 is 1.46. The minimum absolute atomic E-state index is 0.00189. The fourth-order valence-electron chi connectivity index (χ4n) is 3.09. The number of carbonyl (C=O) groups excluding carboxylic acids is 3. The van der Waals surface area contributed by atoms with Crippen molar-refractivity contribution in [2.24, 2.45) is 11.8 Å². The number of nitrogens with zero attached hydrogens (tertiary/aromatic N) is 3. The summed E-state index contributed by atoms with van der Waals surface area (Å²) < 4.78 is 4.68. The summed E-state index contributed by atoms with van der Waals surface area (Å²) in [5.41, 5.74) is 1.33. The Morgan fingerprint density at radius 2 is 1.89 bits per heavy atom. The Balaban J connectivity index is 1.57. The molecule has 1 fully saturated rings. The normalized spacial score (nSPS) is 18.3. The topological polar surface area (TPSA) is 89.5 Å². The molecule has 0 saturated heterocycles. The standard InChI is InChI=1S/C20H21N3O4S/c1-23(11-13-4-6-14(7-5-13)19(26)27-2)18(25)17-15(10-16(17)24)12-28-20-21-8-3-9-22-20/h3-9,15,17H,10-12H2,1-2H3. The number of Topliss-reactive ketones (excluding diaryl/α,β-unsaturated/α-hetero) is 1. The number of ketones is 1. The molecule has 1 aromatic heterocycles. The zero-order chi connectivity index (χ0) is 20.1. The summed E-state index contributed by atoms with van der Waals surface area (Å²) in [4.78, 5) is 46.2. The fourth-order valence-corrected chi connectivity index (χ4v) is 4.04. The third kappa shape index (κ3) is 4.56. The zero-order valence-electron chi connectivity index (χ0n) is 15.7. The number of benzene rings is 1. The predicted molar refractivity (Wildman–Crippen MR) is 104 cm³/mol. The Morgan fingerprint density at radius 1 is 1.21 bits per heavy atom. The number of methoxy groups -OCH3 is 1. The molecule has 146 valence electrons. The molecule has 1 aromatic carbocycles. The molecule has 1 aliphatic rings. The molecule has 0 spiro atoms. The molecule has 2 aromatic rings. The van der Waals surface area contributed by atoms with Gasteiger partial charge in [0.25, 0.3) is 0 Å². The number of carbonyl (C=O) groups is 3. The van der Waals surface area contributed by atoms with Crippen molar-refractivity contribution < 1.29 is 19.1 Å². The Hall–Kier alpha value is -2.74. The number of hydrogen-bond acceptors (Lipinski definition) is 7. The number of ether oxygens (including phenoxy) is 1. The molecule has 0 radical (unpaired) electrons. The van der Waals surface area contributed by atoms with Gasteiger partial charge in [-0.15, -0.1) is 0 Å². The van der Waals surface area contributed by atoms with Gasteiger partial charge in [-0.2, -0.15) is 0 Å². The Bertz CT molecular complexity index is 858. The molecular weight excluding hydrogens is 378 g/mol. The van der Waals surface area contributed by atoms with E-state index in [2.05, 4.69) is 14.7 Å². The summed E-state index contributed by atoms with van der Waals surface area (Å²) in [6.45, 7) is 0.367. The Kier molecular flexibility index (Phi) is 6.41. The van der Waals surface area contributed by atoms with Crippen LogP contribution in [0.2, 0.25) is 0 Å². The first-order valence-electron chi connectivity index (χ1n) is 8.84. The lowest BCUT2D eigenvalue weighted by Gasteiger charge is -2.36. The molecule has 2 atom stereocenters. The first kappa shape index (κ1) is 20.0. The largest absolute Gasteiger partial charge is 0.465 e. The van der Waals surface area contributed by atoms with Crippen LogP contribution in [0.15, 0.2) is 47.9 Å². The zero-order valence-corrected chi connectivity index (χ0v) is 16.5. The van der Waals surface area contributed by atoms with E-state index in [4.69, 9.17) is 0 Å². The first-order valence-corrected chi connectivity index (χ1v) is 9.83. The molecule has 28 heavy (non-hydrogen) atoms. The average molecular weight is 399 g/mol. The molecule has 8 heteroatoms. The van der Waals surface area contributed by atoms with E-state index in [1.165, 1.54) is 18.9 Å². The number of aromatic nitrogens is 2. The average Bonchev–Trinajstić information content (AvgIpc) is 2.71. The monoisotopic (exact) mass is 399 g/mol. The fraction of sp³-hybridized carbons (Fsp3) is 0.350. The van der Waals surface area contributed by atoms with Gasteiger partial charge >= 0.3 is 5.97 Å². The van der Waals surface area contributed by atoms with Crippen molar-refractivity contribution in [2.45, 2.75) is 18.1 Å². The van der Waals surface area contributed by atoms with Gasteiger partial charge in [0.15, 0.2) is 5.16 Å². The van der Waals surface area contributed by atoms with E-state index in [1.54, 1.807) is 54.7 Å². The molecule has 3 rings (SSSR count). The number of rotatable bonds is 7. The number of thioether (sulfide) groups is 1. The van der Waals surface area contributed by atoms with E-state index in [9.17, 15) is 14.4 Å². The van der Waals surface area contributed by atoms with Gasteiger partial charge in [-0.1, -0.05) is 23.9 Å². The third-order valence-corrected chi connectivity index (χ3v) is 5.75. The minimum atomic E-state index is -0.601. The summed E-state index contributed by atoms with van der Waals surface area (Å²) in [6, 6.07) is 8.62. The molecule has 1 aliphatic carbocycles. The highest BCUT2D eigenvalue weighted by atomic mass is 32.2. The molecule has 7 nitrogen and oxygen atoms in total. The second-order valence-corrected chi connectivity index (χ2v) is 7.62. The van der Waals surface area contributed by atoms with Crippen LogP contribution < -0.4 is 0 Å². The molecule has 1 saturated carbocycles. The number of esters is 1. The lowest BCUT2D eigenvalue weighted by atomic mass is 9.72. The lowest BCUT2D eigenvalue weighted by molar-refractivity contribution is -0.149. The van der Waals surface area contributed by atoms with Crippen molar-refractivity contribution in [3.8, 4) is 0 Å². The maximum Gasteiger partial charge on any atom is 0.337 e. The first-order chi connectivity index (χ1) is 13.5. The third-order valence-electron chi connectivity index (χ3n) is 4.69. The summed E-state index contributed by atoms with van der Waals surface area (Å²) in [6.07, 6.45) is 3.75. The van der Waals surface area contributed by atoms with E-state index in [1.807, 2.05) is 0 Å².